The van der Waals surface area contributed by atoms with Crippen molar-refractivity contribution in [3.05, 3.63) is 0 Å². The Labute approximate surface area is 116 Å². The normalized spacial score (nSPS) is 12.9. The summed E-state index contributed by atoms with van der Waals surface area (Å²) in [5, 5.41) is 0. The quantitative estimate of drug-likeness (QED) is 0.501. The summed E-state index contributed by atoms with van der Waals surface area (Å²) in [6, 6.07) is 0. The number of esters is 2. The Morgan fingerprint density at radius 3 is 2.16 bits per heavy atom. The SMILES string of the molecule is COC(=O)C(C)CCCCCCC(=O)OC(C)(C)C. The Morgan fingerprint density at radius 2 is 1.63 bits per heavy atom. The number of methoxy groups -OCH3 is 1. The molecule has 0 aromatic rings. The van der Waals surface area contributed by atoms with Gasteiger partial charge in [-0.15, -0.1) is 0 Å². The summed E-state index contributed by atoms with van der Waals surface area (Å²) < 4.78 is 9.90. The van der Waals surface area contributed by atoms with Gasteiger partial charge in [0.25, 0.3) is 0 Å². The van der Waals surface area contributed by atoms with Gasteiger partial charge < -0.3 is 9.47 Å². The molecule has 112 valence electrons. The van der Waals surface area contributed by atoms with E-state index in [1.54, 1.807) is 0 Å². The Hall–Kier alpha value is -1.06. The molecule has 0 radical (unpaired) electrons. The third kappa shape index (κ3) is 10.5. The first-order valence-electron chi connectivity index (χ1n) is 7.06. The predicted molar refractivity (Wildman–Crippen MR) is 74.7 cm³/mol. The molecule has 0 aliphatic carbocycles. The van der Waals surface area contributed by atoms with E-state index in [2.05, 4.69) is 4.74 Å². The van der Waals surface area contributed by atoms with Crippen LogP contribution in [0.15, 0.2) is 0 Å². The number of hydrogen-bond donors (Lipinski definition) is 0. The summed E-state index contributed by atoms with van der Waals surface area (Å²) >= 11 is 0. The van der Waals surface area contributed by atoms with Crippen molar-refractivity contribution in [2.75, 3.05) is 7.11 Å². The predicted octanol–water partition coefficient (Wildman–Crippen LogP) is 3.48. The molecule has 1 unspecified atom stereocenters. The Balaban J connectivity index is 3.51. The van der Waals surface area contributed by atoms with E-state index in [0.29, 0.717) is 6.42 Å². The highest BCUT2D eigenvalue weighted by atomic mass is 16.6. The van der Waals surface area contributed by atoms with Crippen LogP contribution in [0.2, 0.25) is 0 Å². The van der Waals surface area contributed by atoms with Gasteiger partial charge in [0.2, 0.25) is 0 Å². The van der Waals surface area contributed by atoms with E-state index in [0.717, 1.165) is 32.1 Å². The van der Waals surface area contributed by atoms with Crippen molar-refractivity contribution < 1.29 is 19.1 Å². The third-order valence-corrected chi connectivity index (χ3v) is 2.79. The van der Waals surface area contributed by atoms with Crippen molar-refractivity contribution >= 4 is 11.9 Å². The van der Waals surface area contributed by atoms with Gasteiger partial charge in [-0.3, -0.25) is 9.59 Å². The second-order valence-corrected chi connectivity index (χ2v) is 5.96. The lowest BCUT2D eigenvalue weighted by molar-refractivity contribution is -0.155. The van der Waals surface area contributed by atoms with Crippen LogP contribution in [-0.4, -0.2) is 24.6 Å². The average Bonchev–Trinajstić information content (AvgIpc) is 2.29. The molecule has 0 aliphatic rings. The van der Waals surface area contributed by atoms with Crippen molar-refractivity contribution in [1.82, 2.24) is 0 Å². The van der Waals surface area contributed by atoms with Gasteiger partial charge in [-0.1, -0.05) is 26.2 Å². The number of hydrogen-bond acceptors (Lipinski definition) is 4. The minimum Gasteiger partial charge on any atom is -0.469 e. The zero-order chi connectivity index (χ0) is 14.9. The van der Waals surface area contributed by atoms with E-state index in [1.807, 2.05) is 27.7 Å². The van der Waals surface area contributed by atoms with E-state index < -0.39 is 5.60 Å². The Morgan fingerprint density at radius 1 is 1.05 bits per heavy atom. The summed E-state index contributed by atoms with van der Waals surface area (Å²) in [6.07, 6.45) is 5.19. The molecule has 4 heteroatoms. The molecular weight excluding hydrogens is 244 g/mol. The van der Waals surface area contributed by atoms with Gasteiger partial charge >= 0.3 is 11.9 Å². The van der Waals surface area contributed by atoms with Gasteiger partial charge in [-0.25, -0.2) is 0 Å². The minimum absolute atomic E-state index is 0.0316. The van der Waals surface area contributed by atoms with Crippen molar-refractivity contribution in [3.8, 4) is 0 Å². The maximum Gasteiger partial charge on any atom is 0.308 e. The number of carbonyl (C=O) groups excluding carboxylic acids is 2. The van der Waals surface area contributed by atoms with Crippen LogP contribution in [0.3, 0.4) is 0 Å². The zero-order valence-electron chi connectivity index (χ0n) is 13.0. The number of rotatable bonds is 8. The van der Waals surface area contributed by atoms with E-state index in [4.69, 9.17) is 4.74 Å². The second-order valence-electron chi connectivity index (χ2n) is 5.96. The molecule has 0 heterocycles. The fourth-order valence-electron chi connectivity index (χ4n) is 1.78. The smallest absolute Gasteiger partial charge is 0.308 e. The van der Waals surface area contributed by atoms with Crippen LogP contribution in [0.4, 0.5) is 0 Å². The number of ether oxygens (including phenoxy) is 2. The average molecular weight is 272 g/mol. The van der Waals surface area contributed by atoms with Gasteiger partial charge in [-0.05, 0) is 33.6 Å². The first kappa shape index (κ1) is 17.9. The van der Waals surface area contributed by atoms with E-state index >= 15 is 0 Å². The molecular formula is C15H28O4. The maximum absolute atomic E-state index is 11.4. The highest BCUT2D eigenvalue weighted by Crippen LogP contribution is 2.14. The van der Waals surface area contributed by atoms with Crippen molar-refractivity contribution in [1.29, 1.82) is 0 Å². The largest absolute Gasteiger partial charge is 0.469 e. The highest BCUT2D eigenvalue weighted by Gasteiger charge is 2.15. The Kier molecular flexibility index (Phi) is 8.44. The number of carbonyl (C=O) groups is 2. The zero-order valence-corrected chi connectivity index (χ0v) is 13.0. The van der Waals surface area contributed by atoms with Crippen LogP contribution in [0.1, 0.15) is 66.2 Å². The molecule has 19 heavy (non-hydrogen) atoms. The lowest BCUT2D eigenvalue weighted by atomic mass is 10.0. The van der Waals surface area contributed by atoms with Gasteiger partial charge in [0.15, 0.2) is 0 Å². The molecule has 0 amide bonds. The monoisotopic (exact) mass is 272 g/mol. The van der Waals surface area contributed by atoms with Gasteiger partial charge in [0.1, 0.15) is 5.60 Å². The third-order valence-electron chi connectivity index (χ3n) is 2.79. The van der Waals surface area contributed by atoms with Crippen molar-refractivity contribution in [3.63, 3.8) is 0 Å². The molecule has 0 spiro atoms. The topological polar surface area (TPSA) is 52.6 Å². The molecule has 0 saturated heterocycles. The lowest BCUT2D eigenvalue weighted by Crippen LogP contribution is -2.23. The molecule has 0 rings (SSSR count). The molecule has 0 aromatic carbocycles. The molecule has 0 aliphatic heterocycles. The summed E-state index contributed by atoms with van der Waals surface area (Å²) in [5.41, 5.74) is -0.396. The number of unbranched alkanes of at least 4 members (excludes halogenated alkanes) is 3. The lowest BCUT2D eigenvalue weighted by Gasteiger charge is -2.19. The molecule has 0 N–H and O–H groups in total. The van der Waals surface area contributed by atoms with Crippen molar-refractivity contribution in [2.45, 2.75) is 71.8 Å². The summed E-state index contributed by atoms with van der Waals surface area (Å²) in [4.78, 5) is 22.6. The first-order chi connectivity index (χ1) is 8.76. The fourth-order valence-corrected chi connectivity index (χ4v) is 1.78. The molecule has 0 bridgehead atoms. The van der Waals surface area contributed by atoms with Gasteiger partial charge in [0.05, 0.1) is 13.0 Å². The molecule has 0 saturated carbocycles. The van der Waals surface area contributed by atoms with Crippen LogP contribution in [0.5, 0.6) is 0 Å². The van der Waals surface area contributed by atoms with Crippen molar-refractivity contribution in [2.24, 2.45) is 5.92 Å². The molecule has 0 fully saturated rings. The second kappa shape index (κ2) is 8.94. The maximum atomic E-state index is 11.4. The van der Waals surface area contributed by atoms with Crippen LogP contribution in [0, 0.1) is 5.92 Å². The van der Waals surface area contributed by atoms with E-state index in [-0.39, 0.29) is 17.9 Å². The summed E-state index contributed by atoms with van der Waals surface area (Å²) in [6.45, 7) is 7.50. The standard InChI is InChI=1S/C15H28O4/c1-12(14(17)18-5)10-8-6-7-9-11-13(16)19-15(2,3)4/h12H,6-11H2,1-5H3. The Bertz CT molecular complexity index is 278. The summed E-state index contributed by atoms with van der Waals surface area (Å²) in [5.74, 6) is -0.306. The highest BCUT2D eigenvalue weighted by molar-refractivity contribution is 5.71. The first-order valence-corrected chi connectivity index (χ1v) is 7.06. The van der Waals surface area contributed by atoms with Crippen LogP contribution >= 0.6 is 0 Å². The molecule has 4 nitrogen and oxygen atoms in total. The van der Waals surface area contributed by atoms with Crippen LogP contribution in [0.25, 0.3) is 0 Å². The van der Waals surface area contributed by atoms with Gasteiger partial charge in [-0.2, -0.15) is 0 Å². The molecule has 1 atom stereocenters. The van der Waals surface area contributed by atoms with Gasteiger partial charge in [0, 0.05) is 6.42 Å². The van der Waals surface area contributed by atoms with Crippen LogP contribution in [-0.2, 0) is 19.1 Å². The van der Waals surface area contributed by atoms with E-state index in [1.165, 1.54) is 7.11 Å². The molecule has 0 aromatic heterocycles. The summed E-state index contributed by atoms with van der Waals surface area (Å²) in [7, 11) is 1.42. The fraction of sp³-hybridized carbons (Fsp3) is 0.867. The van der Waals surface area contributed by atoms with E-state index in [9.17, 15) is 9.59 Å². The van der Waals surface area contributed by atoms with Crippen LogP contribution < -0.4 is 0 Å². The minimum atomic E-state index is -0.396.